The zero-order chi connectivity index (χ0) is 12.3. The maximum Gasteiger partial charge on any atom is 0.185 e. The molecule has 0 radical (unpaired) electrons. The van der Waals surface area contributed by atoms with E-state index < -0.39 is 0 Å². The first kappa shape index (κ1) is 11.4. The molecule has 0 amide bonds. The Morgan fingerprint density at radius 3 is 2.94 bits per heavy atom. The molecule has 0 unspecified atom stereocenters. The molecular weight excluding hydrogens is 216 g/mol. The normalized spacial score (nSPS) is 10.2. The molecular formula is C13H14N2O2. The van der Waals surface area contributed by atoms with E-state index >= 15 is 0 Å². The van der Waals surface area contributed by atoms with Crippen LogP contribution in [0.15, 0.2) is 24.3 Å². The van der Waals surface area contributed by atoms with Crippen molar-refractivity contribution < 1.29 is 9.53 Å². The molecule has 2 rings (SSSR count). The largest absolute Gasteiger partial charge is 0.494 e. The summed E-state index contributed by atoms with van der Waals surface area (Å²) < 4.78 is 5.43. The highest BCUT2D eigenvalue weighted by atomic mass is 16.5. The number of aldehydes is 1. The minimum Gasteiger partial charge on any atom is -0.494 e. The van der Waals surface area contributed by atoms with E-state index in [1.165, 1.54) is 0 Å². The zero-order valence-electron chi connectivity index (χ0n) is 9.86. The standard InChI is InChI=1S/C13H14N2O2/c1-3-17-11-6-4-5-10(7-11)13-9(2)14-12(8-16)15-13/h4-8H,3H2,1-2H3,(H,14,15). The van der Waals surface area contributed by atoms with Gasteiger partial charge in [0.15, 0.2) is 12.1 Å². The van der Waals surface area contributed by atoms with Crippen LogP contribution < -0.4 is 4.74 Å². The van der Waals surface area contributed by atoms with Crippen molar-refractivity contribution in [1.29, 1.82) is 0 Å². The summed E-state index contributed by atoms with van der Waals surface area (Å²) in [6, 6.07) is 7.67. The Morgan fingerprint density at radius 2 is 2.29 bits per heavy atom. The molecule has 17 heavy (non-hydrogen) atoms. The van der Waals surface area contributed by atoms with E-state index in [2.05, 4.69) is 9.97 Å². The third-order valence-electron chi connectivity index (χ3n) is 2.43. The zero-order valence-corrected chi connectivity index (χ0v) is 9.86. The topological polar surface area (TPSA) is 55.0 Å². The molecule has 0 atom stereocenters. The first-order valence-corrected chi connectivity index (χ1v) is 5.49. The number of ether oxygens (including phenoxy) is 1. The molecule has 4 heteroatoms. The number of aryl methyl sites for hydroxylation is 1. The number of nitrogens with zero attached hydrogens (tertiary/aromatic N) is 1. The molecule has 1 aromatic carbocycles. The van der Waals surface area contributed by atoms with Gasteiger partial charge in [0.1, 0.15) is 5.75 Å². The second kappa shape index (κ2) is 4.82. The molecule has 4 nitrogen and oxygen atoms in total. The second-order valence-corrected chi connectivity index (χ2v) is 3.67. The summed E-state index contributed by atoms with van der Waals surface area (Å²) in [7, 11) is 0. The molecule has 1 aromatic heterocycles. The van der Waals surface area contributed by atoms with Gasteiger partial charge >= 0.3 is 0 Å². The molecule has 0 saturated carbocycles. The summed E-state index contributed by atoms with van der Waals surface area (Å²) in [6.07, 6.45) is 0.711. The lowest BCUT2D eigenvalue weighted by Gasteiger charge is -2.04. The SMILES string of the molecule is CCOc1cccc(-c2nc(C=O)[nH]c2C)c1. The van der Waals surface area contributed by atoms with E-state index in [-0.39, 0.29) is 0 Å². The van der Waals surface area contributed by atoms with Crippen molar-refractivity contribution in [3.05, 3.63) is 35.8 Å². The van der Waals surface area contributed by atoms with Crippen molar-refractivity contribution in [2.75, 3.05) is 6.61 Å². The van der Waals surface area contributed by atoms with Crippen LogP contribution in [0, 0.1) is 6.92 Å². The Bertz CT molecular complexity index is 532. The van der Waals surface area contributed by atoms with Gasteiger partial charge in [0, 0.05) is 11.3 Å². The van der Waals surface area contributed by atoms with Crippen molar-refractivity contribution in [3.63, 3.8) is 0 Å². The quantitative estimate of drug-likeness (QED) is 0.821. The Labute approximate surface area is 99.7 Å². The summed E-state index contributed by atoms with van der Waals surface area (Å²) >= 11 is 0. The van der Waals surface area contributed by atoms with Gasteiger partial charge in [-0.1, -0.05) is 12.1 Å². The number of nitrogens with one attached hydrogen (secondary N) is 1. The number of H-pyrrole nitrogens is 1. The number of hydrogen-bond acceptors (Lipinski definition) is 3. The number of carbonyl (C=O) groups is 1. The number of carbonyl (C=O) groups excluding carboxylic acids is 1. The molecule has 0 fully saturated rings. The van der Waals surface area contributed by atoms with Crippen LogP contribution in [0.4, 0.5) is 0 Å². The predicted octanol–water partition coefficient (Wildman–Crippen LogP) is 2.60. The predicted molar refractivity (Wildman–Crippen MR) is 65.3 cm³/mol. The summed E-state index contributed by atoms with van der Waals surface area (Å²) in [4.78, 5) is 17.8. The monoisotopic (exact) mass is 230 g/mol. The number of hydrogen-bond donors (Lipinski definition) is 1. The number of aromatic amines is 1. The third-order valence-corrected chi connectivity index (χ3v) is 2.43. The van der Waals surface area contributed by atoms with Crippen molar-refractivity contribution in [2.45, 2.75) is 13.8 Å². The minimum atomic E-state index is 0.347. The summed E-state index contributed by atoms with van der Waals surface area (Å²) in [6.45, 7) is 4.46. The van der Waals surface area contributed by atoms with Crippen LogP contribution in [0.25, 0.3) is 11.3 Å². The number of aromatic nitrogens is 2. The van der Waals surface area contributed by atoms with E-state index in [0.717, 1.165) is 22.7 Å². The van der Waals surface area contributed by atoms with Gasteiger partial charge in [0.2, 0.25) is 0 Å². The fourth-order valence-corrected chi connectivity index (χ4v) is 1.72. The molecule has 0 saturated heterocycles. The lowest BCUT2D eigenvalue weighted by Crippen LogP contribution is -1.91. The van der Waals surface area contributed by atoms with E-state index in [9.17, 15) is 4.79 Å². The van der Waals surface area contributed by atoms with Gasteiger partial charge in [-0.2, -0.15) is 0 Å². The third kappa shape index (κ3) is 2.36. The number of imidazole rings is 1. The molecule has 1 heterocycles. The summed E-state index contributed by atoms with van der Waals surface area (Å²) in [5.41, 5.74) is 2.60. The average Bonchev–Trinajstić information content (AvgIpc) is 2.71. The second-order valence-electron chi connectivity index (χ2n) is 3.67. The number of benzene rings is 1. The van der Waals surface area contributed by atoms with Crippen LogP contribution in [0.3, 0.4) is 0 Å². The lowest BCUT2D eigenvalue weighted by molar-refractivity contribution is 0.111. The average molecular weight is 230 g/mol. The van der Waals surface area contributed by atoms with Gasteiger partial charge in [-0.25, -0.2) is 4.98 Å². The van der Waals surface area contributed by atoms with E-state index in [1.807, 2.05) is 38.1 Å². The maximum absolute atomic E-state index is 10.7. The molecule has 0 aliphatic heterocycles. The molecule has 0 bridgehead atoms. The molecule has 0 spiro atoms. The Morgan fingerprint density at radius 1 is 1.47 bits per heavy atom. The molecule has 2 aromatic rings. The molecule has 0 aliphatic carbocycles. The fourth-order valence-electron chi connectivity index (χ4n) is 1.72. The van der Waals surface area contributed by atoms with Gasteiger partial charge < -0.3 is 9.72 Å². The van der Waals surface area contributed by atoms with Crippen molar-refractivity contribution in [3.8, 4) is 17.0 Å². The van der Waals surface area contributed by atoms with Crippen molar-refractivity contribution in [2.24, 2.45) is 0 Å². The highest BCUT2D eigenvalue weighted by Crippen LogP contribution is 2.24. The molecule has 88 valence electrons. The van der Waals surface area contributed by atoms with Crippen LogP contribution in [0.1, 0.15) is 23.2 Å². The first-order valence-electron chi connectivity index (χ1n) is 5.49. The van der Waals surface area contributed by atoms with E-state index in [1.54, 1.807) is 0 Å². The summed E-state index contributed by atoms with van der Waals surface area (Å²) in [5.74, 6) is 1.15. The van der Waals surface area contributed by atoms with Crippen LogP contribution in [-0.4, -0.2) is 22.9 Å². The smallest absolute Gasteiger partial charge is 0.185 e. The van der Waals surface area contributed by atoms with Crippen LogP contribution in [0.2, 0.25) is 0 Å². The van der Waals surface area contributed by atoms with Crippen molar-refractivity contribution in [1.82, 2.24) is 9.97 Å². The first-order chi connectivity index (χ1) is 8.24. The van der Waals surface area contributed by atoms with E-state index in [0.29, 0.717) is 18.7 Å². The van der Waals surface area contributed by atoms with Gasteiger partial charge in [0.05, 0.1) is 12.3 Å². The van der Waals surface area contributed by atoms with E-state index in [4.69, 9.17) is 4.74 Å². The maximum atomic E-state index is 10.7. The lowest BCUT2D eigenvalue weighted by atomic mass is 10.1. The van der Waals surface area contributed by atoms with Crippen LogP contribution in [0.5, 0.6) is 5.75 Å². The molecule has 0 aliphatic rings. The highest BCUT2D eigenvalue weighted by Gasteiger charge is 2.09. The van der Waals surface area contributed by atoms with Crippen molar-refractivity contribution >= 4 is 6.29 Å². The Kier molecular flexibility index (Phi) is 3.23. The minimum absolute atomic E-state index is 0.347. The fraction of sp³-hybridized carbons (Fsp3) is 0.231. The van der Waals surface area contributed by atoms with Gasteiger partial charge in [-0.05, 0) is 26.0 Å². The summed E-state index contributed by atoms with van der Waals surface area (Å²) in [5, 5.41) is 0. The number of rotatable bonds is 4. The Balaban J connectivity index is 2.41. The molecule has 1 N–H and O–H groups in total. The Hall–Kier alpha value is -2.10. The van der Waals surface area contributed by atoms with Gasteiger partial charge in [0.25, 0.3) is 0 Å². The van der Waals surface area contributed by atoms with Crippen LogP contribution >= 0.6 is 0 Å². The van der Waals surface area contributed by atoms with Crippen LogP contribution in [-0.2, 0) is 0 Å². The van der Waals surface area contributed by atoms with Gasteiger partial charge in [-0.15, -0.1) is 0 Å². The van der Waals surface area contributed by atoms with Gasteiger partial charge in [-0.3, -0.25) is 4.79 Å². The highest BCUT2D eigenvalue weighted by molar-refractivity contribution is 5.73.